The van der Waals surface area contributed by atoms with Crippen LogP contribution in [0.25, 0.3) is 0 Å². The van der Waals surface area contributed by atoms with Gasteiger partial charge in [-0.1, -0.05) is 0 Å². The van der Waals surface area contributed by atoms with E-state index in [0.717, 1.165) is 12.8 Å². The standard InChI is InChI=1S/C13H18N2O5/c1-3-18-13(17)7-15(10-4-5-10)12(16)8-19-11-6-9(2)20-14-11/h6,10H,3-5,7-8H2,1-2H3. The Morgan fingerprint density at radius 2 is 2.25 bits per heavy atom. The minimum Gasteiger partial charge on any atom is -0.465 e. The molecule has 0 radical (unpaired) electrons. The summed E-state index contributed by atoms with van der Waals surface area (Å²) in [5.74, 6) is 0.229. The van der Waals surface area contributed by atoms with Gasteiger partial charge in [0.05, 0.1) is 6.61 Å². The molecule has 0 saturated heterocycles. The second-order valence-electron chi connectivity index (χ2n) is 4.62. The molecule has 7 nitrogen and oxygen atoms in total. The largest absolute Gasteiger partial charge is 0.465 e. The van der Waals surface area contributed by atoms with Gasteiger partial charge < -0.3 is 18.9 Å². The zero-order valence-electron chi connectivity index (χ0n) is 11.6. The number of hydrogen-bond acceptors (Lipinski definition) is 6. The Morgan fingerprint density at radius 3 is 2.80 bits per heavy atom. The summed E-state index contributed by atoms with van der Waals surface area (Å²) in [4.78, 5) is 25.1. The Labute approximate surface area is 116 Å². The number of carbonyl (C=O) groups is 2. The molecule has 1 heterocycles. The van der Waals surface area contributed by atoms with Crippen LogP contribution in [0.15, 0.2) is 10.6 Å². The Morgan fingerprint density at radius 1 is 1.50 bits per heavy atom. The van der Waals surface area contributed by atoms with Crippen molar-refractivity contribution < 1.29 is 23.6 Å². The number of aromatic nitrogens is 1. The zero-order valence-corrected chi connectivity index (χ0v) is 11.6. The van der Waals surface area contributed by atoms with Gasteiger partial charge in [0.2, 0.25) is 0 Å². The fraction of sp³-hybridized carbons (Fsp3) is 0.615. The van der Waals surface area contributed by atoms with E-state index in [2.05, 4.69) is 5.16 Å². The highest BCUT2D eigenvalue weighted by Crippen LogP contribution is 2.26. The first-order chi connectivity index (χ1) is 9.60. The van der Waals surface area contributed by atoms with E-state index in [9.17, 15) is 9.59 Å². The maximum Gasteiger partial charge on any atom is 0.325 e. The fourth-order valence-electron chi connectivity index (χ4n) is 1.78. The van der Waals surface area contributed by atoms with Gasteiger partial charge in [-0.15, -0.1) is 0 Å². The minimum absolute atomic E-state index is 0.0292. The third kappa shape index (κ3) is 3.97. The summed E-state index contributed by atoms with van der Waals surface area (Å²) in [5, 5.41) is 3.64. The van der Waals surface area contributed by atoms with Crippen LogP contribution < -0.4 is 4.74 Å². The first kappa shape index (κ1) is 14.4. The molecule has 1 aromatic rings. The first-order valence-corrected chi connectivity index (χ1v) is 6.61. The molecule has 0 N–H and O–H groups in total. The highest BCUT2D eigenvalue weighted by atomic mass is 16.5. The number of aryl methyl sites for hydroxylation is 1. The van der Waals surface area contributed by atoms with Gasteiger partial charge in [-0.3, -0.25) is 9.59 Å². The van der Waals surface area contributed by atoms with Crippen molar-refractivity contribution >= 4 is 11.9 Å². The second kappa shape index (κ2) is 6.40. The lowest BCUT2D eigenvalue weighted by Crippen LogP contribution is -2.40. The second-order valence-corrected chi connectivity index (χ2v) is 4.62. The third-order valence-electron chi connectivity index (χ3n) is 2.86. The van der Waals surface area contributed by atoms with Gasteiger partial charge in [-0.05, 0) is 31.8 Å². The van der Waals surface area contributed by atoms with Crippen molar-refractivity contribution in [1.29, 1.82) is 0 Å². The van der Waals surface area contributed by atoms with E-state index in [-0.39, 0.29) is 31.0 Å². The van der Waals surface area contributed by atoms with E-state index in [1.165, 1.54) is 4.90 Å². The summed E-state index contributed by atoms with van der Waals surface area (Å²) in [5.41, 5.74) is 0. The van der Waals surface area contributed by atoms with Gasteiger partial charge in [-0.25, -0.2) is 0 Å². The summed E-state index contributed by atoms with van der Waals surface area (Å²) < 4.78 is 14.9. The van der Waals surface area contributed by atoms with Gasteiger partial charge in [-0.2, -0.15) is 0 Å². The number of amides is 1. The monoisotopic (exact) mass is 282 g/mol. The molecule has 1 amide bonds. The molecular weight excluding hydrogens is 264 g/mol. The lowest BCUT2D eigenvalue weighted by Gasteiger charge is -2.20. The van der Waals surface area contributed by atoms with Crippen LogP contribution in [-0.2, 0) is 14.3 Å². The number of esters is 1. The Bertz CT molecular complexity index is 481. The van der Waals surface area contributed by atoms with Crippen LogP contribution in [-0.4, -0.2) is 47.7 Å². The Balaban J connectivity index is 1.85. The summed E-state index contributed by atoms with van der Waals surface area (Å²) >= 11 is 0. The molecule has 0 aromatic carbocycles. The molecule has 1 saturated carbocycles. The predicted octanol–water partition coefficient (Wildman–Crippen LogP) is 0.916. The molecule has 1 aromatic heterocycles. The van der Waals surface area contributed by atoms with Crippen molar-refractivity contribution in [2.45, 2.75) is 32.7 Å². The lowest BCUT2D eigenvalue weighted by molar-refractivity contribution is -0.150. The quantitative estimate of drug-likeness (QED) is 0.691. The highest BCUT2D eigenvalue weighted by Gasteiger charge is 2.34. The van der Waals surface area contributed by atoms with Gasteiger partial charge in [0.25, 0.3) is 11.8 Å². The van der Waals surface area contributed by atoms with Crippen LogP contribution in [0.4, 0.5) is 0 Å². The number of nitrogens with zero attached hydrogens (tertiary/aromatic N) is 2. The van der Waals surface area contributed by atoms with Gasteiger partial charge in [0, 0.05) is 12.1 Å². The SMILES string of the molecule is CCOC(=O)CN(C(=O)COc1cc(C)on1)C1CC1. The van der Waals surface area contributed by atoms with Gasteiger partial charge >= 0.3 is 5.97 Å². The minimum atomic E-state index is -0.398. The number of rotatable bonds is 7. The van der Waals surface area contributed by atoms with Crippen molar-refractivity contribution in [2.75, 3.05) is 19.8 Å². The van der Waals surface area contributed by atoms with Crippen LogP contribution in [0, 0.1) is 6.92 Å². The molecule has 0 aliphatic heterocycles. The molecule has 0 unspecified atom stereocenters. The third-order valence-corrected chi connectivity index (χ3v) is 2.86. The normalized spacial score (nSPS) is 13.9. The number of ether oxygens (including phenoxy) is 2. The fourth-order valence-corrected chi connectivity index (χ4v) is 1.78. The zero-order chi connectivity index (χ0) is 14.5. The molecule has 0 bridgehead atoms. The summed E-state index contributed by atoms with van der Waals surface area (Å²) in [6.07, 6.45) is 1.82. The topological polar surface area (TPSA) is 81.9 Å². The molecular formula is C13H18N2O5. The average Bonchev–Trinajstić information content (AvgIpc) is 3.16. The van der Waals surface area contributed by atoms with Crippen LogP contribution >= 0.6 is 0 Å². The van der Waals surface area contributed by atoms with Crippen LogP contribution in [0.3, 0.4) is 0 Å². The van der Waals surface area contributed by atoms with Crippen LogP contribution in [0.5, 0.6) is 5.88 Å². The van der Waals surface area contributed by atoms with Crippen molar-refractivity contribution in [3.8, 4) is 5.88 Å². The maximum absolute atomic E-state index is 12.1. The molecule has 2 rings (SSSR count). The van der Waals surface area contributed by atoms with Gasteiger partial charge in [0.15, 0.2) is 6.61 Å². The van der Waals surface area contributed by atoms with E-state index in [0.29, 0.717) is 12.4 Å². The predicted molar refractivity (Wildman–Crippen MR) is 68.1 cm³/mol. The van der Waals surface area contributed by atoms with E-state index < -0.39 is 5.97 Å². The van der Waals surface area contributed by atoms with E-state index in [1.54, 1.807) is 19.9 Å². The van der Waals surface area contributed by atoms with Crippen LogP contribution in [0.2, 0.25) is 0 Å². The molecule has 7 heteroatoms. The van der Waals surface area contributed by atoms with Crippen molar-refractivity contribution in [2.24, 2.45) is 0 Å². The lowest BCUT2D eigenvalue weighted by atomic mass is 10.4. The first-order valence-electron chi connectivity index (χ1n) is 6.61. The number of hydrogen-bond donors (Lipinski definition) is 0. The molecule has 20 heavy (non-hydrogen) atoms. The smallest absolute Gasteiger partial charge is 0.325 e. The Hall–Kier alpha value is -2.05. The van der Waals surface area contributed by atoms with E-state index >= 15 is 0 Å². The molecule has 1 fully saturated rings. The molecule has 0 spiro atoms. The summed E-state index contributed by atoms with van der Waals surface area (Å²) in [6, 6.07) is 1.72. The summed E-state index contributed by atoms with van der Waals surface area (Å²) in [7, 11) is 0. The molecule has 1 aliphatic rings. The van der Waals surface area contributed by atoms with Crippen molar-refractivity contribution in [3.63, 3.8) is 0 Å². The molecule has 110 valence electrons. The van der Waals surface area contributed by atoms with Crippen LogP contribution in [0.1, 0.15) is 25.5 Å². The van der Waals surface area contributed by atoms with Gasteiger partial charge in [0.1, 0.15) is 12.3 Å². The molecule has 0 atom stereocenters. The van der Waals surface area contributed by atoms with Crippen molar-refractivity contribution in [1.82, 2.24) is 10.1 Å². The maximum atomic E-state index is 12.1. The van der Waals surface area contributed by atoms with E-state index in [1.807, 2.05) is 0 Å². The summed E-state index contributed by atoms with van der Waals surface area (Å²) in [6.45, 7) is 3.58. The number of carbonyl (C=O) groups excluding carboxylic acids is 2. The highest BCUT2D eigenvalue weighted by molar-refractivity contribution is 5.83. The Kier molecular flexibility index (Phi) is 4.60. The van der Waals surface area contributed by atoms with E-state index in [4.69, 9.17) is 14.0 Å². The average molecular weight is 282 g/mol. The van der Waals surface area contributed by atoms with Crippen molar-refractivity contribution in [3.05, 3.63) is 11.8 Å². The molecule has 1 aliphatic carbocycles.